The minimum Gasteiger partial charge on any atom is -0.476 e. The molecule has 2 aliphatic rings. The van der Waals surface area contributed by atoms with Gasteiger partial charge in [-0.2, -0.15) is 5.10 Å². The first-order valence-electron chi connectivity index (χ1n) is 6.02. The lowest BCUT2D eigenvalue weighted by Gasteiger charge is -2.18. The van der Waals surface area contributed by atoms with Gasteiger partial charge in [0.25, 0.3) is 0 Å². The average Bonchev–Trinajstić information content (AvgIpc) is 2.95. The summed E-state index contributed by atoms with van der Waals surface area (Å²) in [6.07, 6.45) is 1.78. The molecule has 1 atom stereocenters. The maximum Gasteiger partial charge on any atom is 0.356 e. The molecular weight excluding hydrogens is 220 g/mol. The van der Waals surface area contributed by atoms with Crippen LogP contribution in [-0.2, 0) is 13.0 Å². The average molecular weight is 236 g/mol. The lowest BCUT2D eigenvalue weighted by molar-refractivity contribution is 0.0688. The lowest BCUT2D eigenvalue weighted by atomic mass is 10.1. The maximum absolute atomic E-state index is 11.2. The van der Waals surface area contributed by atoms with Gasteiger partial charge < -0.3 is 15.7 Å². The second-order valence-electron chi connectivity index (χ2n) is 4.60. The van der Waals surface area contributed by atoms with E-state index in [0.29, 0.717) is 6.04 Å². The molecule has 92 valence electrons. The van der Waals surface area contributed by atoms with E-state index in [4.69, 9.17) is 0 Å². The highest BCUT2D eigenvalue weighted by molar-refractivity contribution is 5.87. The molecule has 1 fully saturated rings. The molecule has 2 aliphatic heterocycles. The van der Waals surface area contributed by atoms with Gasteiger partial charge in [0, 0.05) is 18.7 Å². The van der Waals surface area contributed by atoms with E-state index in [2.05, 4.69) is 15.7 Å². The van der Waals surface area contributed by atoms with Gasteiger partial charge in [-0.3, -0.25) is 4.68 Å². The van der Waals surface area contributed by atoms with Gasteiger partial charge in [0.1, 0.15) is 0 Å². The Morgan fingerprint density at radius 1 is 1.41 bits per heavy atom. The molecule has 6 heteroatoms. The first-order valence-corrected chi connectivity index (χ1v) is 6.02. The summed E-state index contributed by atoms with van der Waals surface area (Å²) >= 11 is 0. The zero-order chi connectivity index (χ0) is 11.8. The smallest absolute Gasteiger partial charge is 0.356 e. The van der Waals surface area contributed by atoms with E-state index in [9.17, 15) is 9.90 Å². The van der Waals surface area contributed by atoms with Crippen LogP contribution in [-0.4, -0.2) is 40.5 Å². The molecule has 1 aromatic rings. The van der Waals surface area contributed by atoms with Gasteiger partial charge >= 0.3 is 5.97 Å². The molecule has 6 nitrogen and oxygen atoms in total. The molecule has 0 saturated carbocycles. The van der Waals surface area contributed by atoms with Crippen molar-refractivity contribution in [3.63, 3.8) is 0 Å². The van der Waals surface area contributed by atoms with Crippen molar-refractivity contribution < 1.29 is 9.90 Å². The van der Waals surface area contributed by atoms with Crippen molar-refractivity contribution >= 4 is 5.97 Å². The first kappa shape index (κ1) is 10.7. The fourth-order valence-corrected chi connectivity index (χ4v) is 2.70. The number of aromatic nitrogens is 2. The number of aromatic carboxylic acids is 1. The molecule has 17 heavy (non-hydrogen) atoms. The van der Waals surface area contributed by atoms with E-state index < -0.39 is 5.97 Å². The Bertz CT molecular complexity index is 449. The highest BCUT2D eigenvalue weighted by Crippen LogP contribution is 2.24. The Balaban J connectivity index is 2.05. The normalized spacial score (nSPS) is 23.6. The molecule has 0 radical (unpaired) electrons. The molecule has 3 heterocycles. The van der Waals surface area contributed by atoms with Crippen molar-refractivity contribution in [3.8, 4) is 0 Å². The maximum atomic E-state index is 11.2. The lowest BCUT2D eigenvalue weighted by Crippen LogP contribution is -2.27. The molecule has 1 unspecified atom stereocenters. The van der Waals surface area contributed by atoms with Crippen molar-refractivity contribution in [2.75, 3.05) is 19.6 Å². The summed E-state index contributed by atoms with van der Waals surface area (Å²) in [7, 11) is 0. The van der Waals surface area contributed by atoms with Crippen LogP contribution in [0.1, 0.15) is 34.2 Å². The number of hydrogen-bond donors (Lipinski definition) is 3. The van der Waals surface area contributed by atoms with Crippen molar-refractivity contribution in [3.05, 3.63) is 17.0 Å². The number of carbonyl (C=O) groups is 1. The van der Waals surface area contributed by atoms with Crippen LogP contribution in [0.4, 0.5) is 0 Å². The van der Waals surface area contributed by atoms with Crippen LogP contribution in [0.15, 0.2) is 0 Å². The Morgan fingerprint density at radius 3 is 3.00 bits per heavy atom. The molecule has 3 N–H and O–H groups in total. The number of nitrogens with one attached hydrogen (secondary N) is 2. The van der Waals surface area contributed by atoms with Crippen LogP contribution in [0.3, 0.4) is 0 Å². The first-order chi connectivity index (χ1) is 8.27. The minimum absolute atomic E-state index is 0.244. The number of carboxylic acids is 1. The Hall–Kier alpha value is -1.40. The summed E-state index contributed by atoms with van der Waals surface area (Å²) in [5.74, 6) is -0.909. The van der Waals surface area contributed by atoms with Crippen LogP contribution in [0.25, 0.3) is 0 Å². The largest absolute Gasteiger partial charge is 0.476 e. The van der Waals surface area contributed by atoms with E-state index >= 15 is 0 Å². The molecule has 0 spiro atoms. The van der Waals surface area contributed by atoms with Gasteiger partial charge in [-0.25, -0.2) is 4.79 Å². The quantitative estimate of drug-likeness (QED) is 0.660. The van der Waals surface area contributed by atoms with Crippen LogP contribution in [0.2, 0.25) is 0 Å². The highest BCUT2D eigenvalue weighted by atomic mass is 16.4. The van der Waals surface area contributed by atoms with Gasteiger partial charge in [0.05, 0.1) is 11.7 Å². The van der Waals surface area contributed by atoms with Crippen LogP contribution in [0, 0.1) is 0 Å². The number of hydrogen-bond acceptors (Lipinski definition) is 4. The summed E-state index contributed by atoms with van der Waals surface area (Å²) in [6.45, 7) is 3.43. The monoisotopic (exact) mass is 236 g/mol. The Morgan fingerprint density at radius 2 is 2.29 bits per heavy atom. The molecule has 3 rings (SSSR count). The van der Waals surface area contributed by atoms with E-state index in [0.717, 1.165) is 50.3 Å². The predicted octanol–water partition coefficient (Wildman–Crippen LogP) is -0.239. The molecule has 0 aromatic carbocycles. The van der Waals surface area contributed by atoms with E-state index in [1.165, 1.54) is 0 Å². The number of fused-ring (bicyclic) bond motifs is 1. The predicted molar refractivity (Wildman–Crippen MR) is 61.1 cm³/mol. The Labute approximate surface area is 99.0 Å². The summed E-state index contributed by atoms with van der Waals surface area (Å²) in [6, 6.07) is 0.303. The standard InChI is InChI=1S/C11H16N4O2/c16-11(17)10-8-2-4-13-6-9(8)15(14-10)7-1-3-12-5-7/h7,12-13H,1-6H2,(H,16,17). The molecule has 0 amide bonds. The van der Waals surface area contributed by atoms with Gasteiger partial charge in [-0.05, 0) is 25.9 Å². The van der Waals surface area contributed by atoms with Gasteiger partial charge in [0.15, 0.2) is 5.69 Å². The zero-order valence-electron chi connectivity index (χ0n) is 9.57. The summed E-state index contributed by atoms with van der Waals surface area (Å²) in [4.78, 5) is 11.2. The van der Waals surface area contributed by atoms with Crippen LogP contribution >= 0.6 is 0 Å². The van der Waals surface area contributed by atoms with Crippen molar-refractivity contribution in [2.45, 2.75) is 25.4 Å². The topological polar surface area (TPSA) is 79.2 Å². The fourth-order valence-electron chi connectivity index (χ4n) is 2.70. The van der Waals surface area contributed by atoms with Crippen molar-refractivity contribution in [1.82, 2.24) is 20.4 Å². The van der Waals surface area contributed by atoms with Gasteiger partial charge in [-0.15, -0.1) is 0 Å². The van der Waals surface area contributed by atoms with Gasteiger partial charge in [-0.1, -0.05) is 0 Å². The summed E-state index contributed by atoms with van der Waals surface area (Å²) in [5, 5.41) is 20.1. The number of carboxylic acid groups (broad SMARTS) is 1. The Kier molecular flexibility index (Phi) is 2.60. The summed E-state index contributed by atoms with van der Waals surface area (Å²) in [5.41, 5.74) is 2.22. The SMILES string of the molecule is O=C(O)c1nn(C2CCNC2)c2c1CCNC2. The van der Waals surface area contributed by atoms with Crippen LogP contribution in [0.5, 0.6) is 0 Å². The van der Waals surface area contributed by atoms with Gasteiger partial charge in [0.2, 0.25) is 0 Å². The van der Waals surface area contributed by atoms with E-state index in [-0.39, 0.29) is 5.69 Å². The second kappa shape index (κ2) is 4.12. The third-order valence-corrected chi connectivity index (χ3v) is 3.55. The van der Waals surface area contributed by atoms with Crippen LogP contribution < -0.4 is 10.6 Å². The summed E-state index contributed by atoms with van der Waals surface area (Å²) < 4.78 is 1.92. The molecule has 1 aromatic heterocycles. The molecule has 1 saturated heterocycles. The van der Waals surface area contributed by atoms with Crippen molar-refractivity contribution in [2.24, 2.45) is 0 Å². The fraction of sp³-hybridized carbons (Fsp3) is 0.636. The molecule has 0 aliphatic carbocycles. The second-order valence-corrected chi connectivity index (χ2v) is 4.60. The third-order valence-electron chi connectivity index (χ3n) is 3.55. The van der Waals surface area contributed by atoms with E-state index in [1.54, 1.807) is 0 Å². The zero-order valence-corrected chi connectivity index (χ0v) is 9.57. The third kappa shape index (κ3) is 1.73. The number of nitrogens with zero attached hydrogens (tertiary/aromatic N) is 2. The van der Waals surface area contributed by atoms with E-state index in [1.807, 2.05) is 4.68 Å². The van der Waals surface area contributed by atoms with Crippen molar-refractivity contribution in [1.29, 1.82) is 0 Å². The molecule has 0 bridgehead atoms. The highest BCUT2D eigenvalue weighted by Gasteiger charge is 2.28. The minimum atomic E-state index is -0.909. The molecular formula is C11H16N4O2. The number of rotatable bonds is 2.